The van der Waals surface area contributed by atoms with Crippen LogP contribution in [0.1, 0.15) is 44.1 Å². The number of carbonyl (C=O) groups excluding carboxylic acids is 1. The maximum absolute atomic E-state index is 12.5. The molecule has 2 aliphatic rings. The Morgan fingerprint density at radius 1 is 1.07 bits per heavy atom. The number of aliphatic carboxylic acids is 1. The largest absolute Gasteiger partial charge is 0.497 e. The molecule has 0 bridgehead atoms. The first-order valence-electron chi connectivity index (χ1n) is 9.96. The summed E-state index contributed by atoms with van der Waals surface area (Å²) in [6.45, 7) is 1.58. The van der Waals surface area contributed by atoms with Gasteiger partial charge in [0.05, 0.1) is 13.0 Å². The van der Waals surface area contributed by atoms with Crippen LogP contribution in [0.3, 0.4) is 0 Å². The summed E-state index contributed by atoms with van der Waals surface area (Å²) in [5.74, 6) is 0.529. The molecule has 0 radical (unpaired) electrons. The lowest BCUT2D eigenvalue weighted by Crippen LogP contribution is -2.49. The highest BCUT2D eigenvalue weighted by Gasteiger charge is 2.29. The lowest BCUT2D eigenvalue weighted by atomic mass is 9.86. The fraction of sp³-hybridized carbons (Fsp3) is 0.619. The van der Waals surface area contributed by atoms with Crippen LogP contribution in [-0.4, -0.2) is 48.2 Å². The Bertz CT molecular complexity index is 630. The topological polar surface area (TPSA) is 78.9 Å². The van der Waals surface area contributed by atoms with Crippen molar-refractivity contribution < 1.29 is 19.4 Å². The van der Waals surface area contributed by atoms with Gasteiger partial charge in [0.2, 0.25) is 0 Å². The van der Waals surface area contributed by atoms with E-state index in [1.165, 1.54) is 5.56 Å². The monoisotopic (exact) mass is 374 g/mol. The molecule has 1 aromatic rings. The Labute approximate surface area is 160 Å². The van der Waals surface area contributed by atoms with Crippen LogP contribution >= 0.6 is 0 Å². The number of methoxy groups -OCH3 is 1. The van der Waals surface area contributed by atoms with Crippen LogP contribution in [0.15, 0.2) is 24.3 Å². The number of ether oxygens (including phenoxy) is 1. The van der Waals surface area contributed by atoms with Gasteiger partial charge in [-0.25, -0.2) is 4.79 Å². The number of nitrogens with zero attached hydrogens (tertiary/aromatic N) is 1. The van der Waals surface area contributed by atoms with Gasteiger partial charge >= 0.3 is 12.0 Å². The maximum Gasteiger partial charge on any atom is 0.317 e. The second-order valence-corrected chi connectivity index (χ2v) is 7.82. The number of carbonyl (C=O) groups is 2. The zero-order valence-electron chi connectivity index (χ0n) is 16.0. The molecule has 1 aliphatic carbocycles. The normalized spacial score (nSPS) is 23.7. The molecule has 0 aromatic heterocycles. The SMILES string of the molecule is COc1ccc(CC2CCN(C(=O)NC3CCC(C(=O)O)CC3)CC2)cc1. The first-order valence-corrected chi connectivity index (χ1v) is 9.96. The van der Waals surface area contributed by atoms with Crippen LogP contribution in [0.2, 0.25) is 0 Å². The zero-order chi connectivity index (χ0) is 19.2. The van der Waals surface area contributed by atoms with Gasteiger partial charge in [-0.05, 0) is 68.6 Å². The molecule has 0 unspecified atom stereocenters. The van der Waals surface area contributed by atoms with E-state index in [1.54, 1.807) is 7.11 Å². The average Bonchev–Trinajstić information content (AvgIpc) is 2.69. The van der Waals surface area contributed by atoms with Crippen LogP contribution in [-0.2, 0) is 11.2 Å². The summed E-state index contributed by atoms with van der Waals surface area (Å²) in [4.78, 5) is 25.4. The lowest BCUT2D eigenvalue weighted by Gasteiger charge is -2.34. The van der Waals surface area contributed by atoms with Crippen molar-refractivity contribution in [2.24, 2.45) is 11.8 Å². The highest BCUT2D eigenvalue weighted by molar-refractivity contribution is 5.74. The Hall–Kier alpha value is -2.24. The Morgan fingerprint density at radius 2 is 1.70 bits per heavy atom. The molecule has 148 valence electrons. The predicted octanol–water partition coefficient (Wildman–Crippen LogP) is 3.30. The van der Waals surface area contributed by atoms with Gasteiger partial charge < -0.3 is 20.1 Å². The van der Waals surface area contributed by atoms with Gasteiger partial charge in [-0.2, -0.15) is 0 Å². The number of amides is 2. The van der Waals surface area contributed by atoms with Crippen LogP contribution < -0.4 is 10.1 Å². The van der Waals surface area contributed by atoms with E-state index in [2.05, 4.69) is 17.4 Å². The Morgan fingerprint density at radius 3 is 2.26 bits per heavy atom. The molecule has 1 saturated heterocycles. The number of benzene rings is 1. The number of urea groups is 1. The second-order valence-electron chi connectivity index (χ2n) is 7.82. The van der Waals surface area contributed by atoms with E-state index in [0.717, 1.165) is 50.9 Å². The minimum absolute atomic E-state index is 0.0108. The summed E-state index contributed by atoms with van der Waals surface area (Å²) < 4.78 is 5.20. The fourth-order valence-corrected chi connectivity index (χ4v) is 4.19. The fourth-order valence-electron chi connectivity index (χ4n) is 4.19. The van der Waals surface area contributed by atoms with Crippen molar-refractivity contribution in [3.05, 3.63) is 29.8 Å². The molecule has 0 atom stereocenters. The van der Waals surface area contributed by atoms with Gasteiger partial charge in [-0.15, -0.1) is 0 Å². The molecule has 0 spiro atoms. The molecule has 6 nitrogen and oxygen atoms in total. The summed E-state index contributed by atoms with van der Waals surface area (Å²) in [7, 11) is 1.67. The van der Waals surface area contributed by atoms with Gasteiger partial charge in [0.1, 0.15) is 5.75 Å². The number of nitrogens with one attached hydrogen (secondary N) is 1. The summed E-state index contributed by atoms with van der Waals surface area (Å²) in [5, 5.41) is 12.2. The maximum atomic E-state index is 12.5. The van der Waals surface area contributed by atoms with Gasteiger partial charge in [-0.1, -0.05) is 12.1 Å². The first kappa shape index (κ1) is 19.5. The number of piperidine rings is 1. The van der Waals surface area contributed by atoms with Gasteiger partial charge in [-0.3, -0.25) is 4.79 Å². The van der Waals surface area contributed by atoms with Crippen LogP contribution in [0.4, 0.5) is 4.79 Å². The molecule has 2 N–H and O–H groups in total. The minimum atomic E-state index is -0.710. The van der Waals surface area contributed by atoms with Gasteiger partial charge in [0, 0.05) is 19.1 Å². The van der Waals surface area contributed by atoms with Crippen molar-refractivity contribution >= 4 is 12.0 Å². The Balaban J connectivity index is 1.39. The van der Waals surface area contributed by atoms with E-state index < -0.39 is 5.97 Å². The number of likely N-dealkylation sites (tertiary alicyclic amines) is 1. The number of carboxylic acid groups (broad SMARTS) is 1. The third kappa shape index (κ3) is 5.37. The number of hydrogen-bond acceptors (Lipinski definition) is 3. The smallest absolute Gasteiger partial charge is 0.317 e. The van der Waals surface area contributed by atoms with E-state index in [-0.39, 0.29) is 18.0 Å². The van der Waals surface area contributed by atoms with Crippen molar-refractivity contribution in [2.75, 3.05) is 20.2 Å². The molecule has 3 rings (SSSR count). The van der Waals surface area contributed by atoms with Crippen molar-refractivity contribution in [3.8, 4) is 5.75 Å². The molecule has 27 heavy (non-hydrogen) atoms. The molecule has 1 aliphatic heterocycles. The van der Waals surface area contributed by atoms with E-state index in [9.17, 15) is 9.59 Å². The highest BCUT2D eigenvalue weighted by atomic mass is 16.5. The van der Waals surface area contributed by atoms with Crippen LogP contribution in [0.25, 0.3) is 0 Å². The lowest BCUT2D eigenvalue weighted by molar-refractivity contribution is -0.142. The van der Waals surface area contributed by atoms with Crippen LogP contribution in [0.5, 0.6) is 5.75 Å². The molecule has 1 aromatic carbocycles. The molecule has 1 heterocycles. The molecule has 2 amide bonds. The van der Waals surface area contributed by atoms with Gasteiger partial charge in [0.25, 0.3) is 0 Å². The van der Waals surface area contributed by atoms with E-state index in [4.69, 9.17) is 9.84 Å². The number of hydrogen-bond donors (Lipinski definition) is 2. The van der Waals surface area contributed by atoms with Crippen LogP contribution in [0, 0.1) is 11.8 Å². The van der Waals surface area contributed by atoms with E-state index in [0.29, 0.717) is 18.8 Å². The average molecular weight is 374 g/mol. The molecule has 1 saturated carbocycles. The third-order valence-corrected chi connectivity index (χ3v) is 5.99. The van der Waals surface area contributed by atoms with Crippen molar-refractivity contribution in [1.29, 1.82) is 0 Å². The minimum Gasteiger partial charge on any atom is -0.497 e. The number of rotatable bonds is 5. The van der Waals surface area contributed by atoms with Crippen molar-refractivity contribution in [2.45, 2.75) is 51.0 Å². The summed E-state index contributed by atoms with van der Waals surface area (Å²) in [6.07, 6.45) is 5.91. The van der Waals surface area contributed by atoms with E-state index >= 15 is 0 Å². The molecule has 2 fully saturated rings. The molecule has 6 heteroatoms. The van der Waals surface area contributed by atoms with Gasteiger partial charge in [0.15, 0.2) is 0 Å². The highest BCUT2D eigenvalue weighted by Crippen LogP contribution is 2.26. The third-order valence-electron chi connectivity index (χ3n) is 5.99. The van der Waals surface area contributed by atoms with Crippen molar-refractivity contribution in [3.63, 3.8) is 0 Å². The molecular formula is C21H30N2O4. The predicted molar refractivity (Wildman–Crippen MR) is 103 cm³/mol. The summed E-state index contributed by atoms with van der Waals surface area (Å²) >= 11 is 0. The molecular weight excluding hydrogens is 344 g/mol. The second kappa shape index (κ2) is 9.11. The summed E-state index contributed by atoms with van der Waals surface area (Å²) in [5.41, 5.74) is 1.31. The van der Waals surface area contributed by atoms with E-state index in [1.807, 2.05) is 17.0 Å². The zero-order valence-corrected chi connectivity index (χ0v) is 16.0. The summed E-state index contributed by atoms with van der Waals surface area (Å²) in [6, 6.07) is 8.35. The number of carboxylic acids is 1. The standard InChI is InChI=1S/C21H30N2O4/c1-27-19-8-2-15(3-9-19)14-16-10-12-23(13-11-16)21(26)22-18-6-4-17(5-7-18)20(24)25/h2-3,8-9,16-18H,4-7,10-14H2,1H3,(H,22,26)(H,24,25). The first-order chi connectivity index (χ1) is 13.0. The van der Waals surface area contributed by atoms with Crippen molar-refractivity contribution in [1.82, 2.24) is 10.2 Å². The Kier molecular flexibility index (Phi) is 6.58. The quantitative estimate of drug-likeness (QED) is 0.829.